The monoisotopic (exact) mass is 401 g/mol. The first-order chi connectivity index (χ1) is 14.0. The predicted molar refractivity (Wildman–Crippen MR) is 120 cm³/mol. The van der Waals surface area contributed by atoms with E-state index in [1.165, 1.54) is 11.8 Å². The first kappa shape index (κ1) is 19.3. The summed E-state index contributed by atoms with van der Waals surface area (Å²) in [6, 6.07) is 24.0. The van der Waals surface area contributed by atoms with E-state index in [2.05, 4.69) is 48.3 Å². The molecule has 1 aromatic heterocycles. The fourth-order valence-electron chi connectivity index (χ4n) is 3.66. The molecule has 0 saturated carbocycles. The second kappa shape index (κ2) is 7.80. The fourth-order valence-corrected chi connectivity index (χ4v) is 4.33. The molecule has 0 aliphatic carbocycles. The zero-order valence-corrected chi connectivity index (χ0v) is 17.4. The zero-order valence-electron chi connectivity index (χ0n) is 16.6. The van der Waals surface area contributed by atoms with E-state index in [4.69, 9.17) is 0 Å². The van der Waals surface area contributed by atoms with Crippen LogP contribution in [0.2, 0.25) is 0 Å². The molecule has 0 fully saturated rings. The summed E-state index contributed by atoms with van der Waals surface area (Å²) in [7, 11) is -3.25. The van der Waals surface area contributed by atoms with Crippen molar-refractivity contribution in [2.45, 2.75) is 24.7 Å². The van der Waals surface area contributed by atoms with Gasteiger partial charge in [-0.3, -0.25) is 4.98 Å². The lowest BCUT2D eigenvalue weighted by atomic mass is 9.92. The van der Waals surface area contributed by atoms with Crippen LogP contribution in [0.5, 0.6) is 0 Å². The molecule has 0 radical (unpaired) electrons. The van der Waals surface area contributed by atoms with Gasteiger partial charge in [-0.1, -0.05) is 49.7 Å². The molecule has 0 atom stereocenters. The molecule has 4 aromatic rings. The lowest BCUT2D eigenvalue weighted by Gasteiger charge is -2.13. The van der Waals surface area contributed by atoms with Gasteiger partial charge < -0.3 is 0 Å². The molecule has 0 N–H and O–H groups in total. The Hall–Kier alpha value is -2.98. The molecule has 4 rings (SSSR count). The maximum atomic E-state index is 12.0. The fraction of sp³-hybridized carbons (Fsp3) is 0.160. The van der Waals surface area contributed by atoms with E-state index >= 15 is 0 Å². The van der Waals surface area contributed by atoms with Crippen LogP contribution in [0.25, 0.3) is 33.2 Å². The van der Waals surface area contributed by atoms with E-state index in [0.29, 0.717) is 4.90 Å². The molecule has 0 saturated heterocycles. The number of nitrogens with zero attached hydrogens (tertiary/aromatic N) is 1. The molecule has 3 aromatic carbocycles. The molecule has 0 bridgehead atoms. The average molecular weight is 402 g/mol. The van der Waals surface area contributed by atoms with Crippen LogP contribution in [0.3, 0.4) is 0 Å². The van der Waals surface area contributed by atoms with E-state index in [9.17, 15) is 8.42 Å². The number of sulfone groups is 1. The molecular weight excluding hydrogens is 378 g/mol. The van der Waals surface area contributed by atoms with Gasteiger partial charge in [0.15, 0.2) is 9.84 Å². The van der Waals surface area contributed by atoms with Crippen LogP contribution in [-0.2, 0) is 16.3 Å². The summed E-state index contributed by atoms with van der Waals surface area (Å²) < 4.78 is 24.1. The van der Waals surface area contributed by atoms with Crippen molar-refractivity contribution in [2.75, 3.05) is 6.26 Å². The van der Waals surface area contributed by atoms with Gasteiger partial charge in [-0.15, -0.1) is 0 Å². The molecule has 0 aliphatic heterocycles. The van der Waals surface area contributed by atoms with Crippen molar-refractivity contribution in [1.82, 2.24) is 4.98 Å². The largest absolute Gasteiger partial charge is 0.256 e. The number of rotatable bonds is 5. The van der Waals surface area contributed by atoms with Gasteiger partial charge in [0.25, 0.3) is 0 Å². The first-order valence-electron chi connectivity index (χ1n) is 9.74. The third-order valence-electron chi connectivity index (χ3n) is 5.14. The summed E-state index contributed by atoms with van der Waals surface area (Å²) in [4.78, 5) is 4.74. The van der Waals surface area contributed by atoms with Crippen molar-refractivity contribution in [2.24, 2.45) is 0 Å². The van der Waals surface area contributed by atoms with Gasteiger partial charge in [-0.05, 0) is 70.6 Å². The van der Waals surface area contributed by atoms with E-state index in [-0.39, 0.29) is 0 Å². The highest BCUT2D eigenvalue weighted by Crippen LogP contribution is 2.32. The lowest BCUT2D eigenvalue weighted by Crippen LogP contribution is -1.98. The summed E-state index contributed by atoms with van der Waals surface area (Å²) in [5.41, 5.74) is 6.44. The third kappa shape index (κ3) is 4.08. The van der Waals surface area contributed by atoms with Gasteiger partial charge in [-0.25, -0.2) is 8.42 Å². The topological polar surface area (TPSA) is 47.0 Å². The summed E-state index contributed by atoms with van der Waals surface area (Å²) in [5, 5.41) is 1.10. The molecule has 29 heavy (non-hydrogen) atoms. The SMILES string of the molecule is CCCc1ccc(-c2ccc3ncccc3c2)cc1-c1cccc(S(C)(=O)=O)c1. The Kier molecular flexibility index (Phi) is 5.20. The summed E-state index contributed by atoms with van der Waals surface area (Å²) in [6.07, 6.45) is 5.02. The summed E-state index contributed by atoms with van der Waals surface area (Å²) in [5.74, 6) is 0. The van der Waals surface area contributed by atoms with Gasteiger partial charge in [0.05, 0.1) is 10.4 Å². The number of aromatic nitrogens is 1. The molecule has 146 valence electrons. The lowest BCUT2D eigenvalue weighted by molar-refractivity contribution is 0.602. The van der Waals surface area contributed by atoms with E-state index < -0.39 is 9.84 Å². The number of aryl methyl sites for hydroxylation is 1. The molecule has 1 heterocycles. The highest BCUT2D eigenvalue weighted by molar-refractivity contribution is 7.90. The highest BCUT2D eigenvalue weighted by atomic mass is 32.2. The van der Waals surface area contributed by atoms with Crippen LogP contribution in [0.4, 0.5) is 0 Å². The minimum Gasteiger partial charge on any atom is -0.256 e. The maximum Gasteiger partial charge on any atom is 0.175 e. The Morgan fingerprint density at radius 3 is 2.41 bits per heavy atom. The van der Waals surface area contributed by atoms with E-state index in [0.717, 1.165) is 46.0 Å². The van der Waals surface area contributed by atoms with Crippen LogP contribution < -0.4 is 0 Å². The number of benzene rings is 3. The van der Waals surface area contributed by atoms with Crippen LogP contribution in [0.15, 0.2) is 83.9 Å². The number of fused-ring (bicyclic) bond motifs is 1. The molecule has 0 unspecified atom stereocenters. The van der Waals surface area contributed by atoms with Crippen molar-refractivity contribution in [3.8, 4) is 22.3 Å². The van der Waals surface area contributed by atoms with Crippen molar-refractivity contribution >= 4 is 20.7 Å². The van der Waals surface area contributed by atoms with Crippen LogP contribution in [0, 0.1) is 0 Å². The molecular formula is C25H23NO2S. The van der Waals surface area contributed by atoms with Crippen molar-refractivity contribution in [3.05, 3.63) is 84.6 Å². The van der Waals surface area contributed by atoms with Crippen molar-refractivity contribution < 1.29 is 8.42 Å². The average Bonchev–Trinajstić information content (AvgIpc) is 2.73. The third-order valence-corrected chi connectivity index (χ3v) is 6.25. The van der Waals surface area contributed by atoms with Crippen LogP contribution in [0.1, 0.15) is 18.9 Å². The quantitative estimate of drug-likeness (QED) is 0.417. The van der Waals surface area contributed by atoms with Crippen LogP contribution in [-0.4, -0.2) is 19.7 Å². The Labute approximate surface area is 172 Å². The molecule has 0 spiro atoms. The van der Waals surface area contributed by atoms with Gasteiger partial charge in [0, 0.05) is 17.8 Å². The molecule has 0 aliphatic rings. The van der Waals surface area contributed by atoms with Crippen molar-refractivity contribution in [1.29, 1.82) is 0 Å². The Balaban J connectivity index is 1.86. The molecule has 0 amide bonds. The number of hydrogen-bond acceptors (Lipinski definition) is 3. The van der Waals surface area contributed by atoms with Crippen LogP contribution >= 0.6 is 0 Å². The number of pyridine rings is 1. The smallest absolute Gasteiger partial charge is 0.175 e. The first-order valence-corrected chi connectivity index (χ1v) is 11.6. The zero-order chi connectivity index (χ0) is 20.4. The molecule has 4 heteroatoms. The Morgan fingerprint density at radius 2 is 1.62 bits per heavy atom. The second-order valence-corrected chi connectivity index (χ2v) is 9.35. The normalized spacial score (nSPS) is 11.7. The Bertz CT molecular complexity index is 1290. The van der Waals surface area contributed by atoms with Crippen molar-refractivity contribution in [3.63, 3.8) is 0 Å². The Morgan fingerprint density at radius 1 is 0.828 bits per heavy atom. The highest BCUT2D eigenvalue weighted by Gasteiger charge is 2.12. The van der Waals surface area contributed by atoms with Gasteiger partial charge in [0.2, 0.25) is 0 Å². The summed E-state index contributed by atoms with van der Waals surface area (Å²) >= 11 is 0. The minimum atomic E-state index is -3.25. The number of hydrogen-bond donors (Lipinski definition) is 0. The summed E-state index contributed by atoms with van der Waals surface area (Å²) in [6.45, 7) is 2.15. The van der Waals surface area contributed by atoms with Gasteiger partial charge >= 0.3 is 0 Å². The van der Waals surface area contributed by atoms with Gasteiger partial charge in [0.1, 0.15) is 0 Å². The standard InChI is InChI=1S/C25H23NO2S/c1-3-6-18-10-11-20(19-12-13-25-22(15-19)8-5-14-26-25)17-24(18)21-7-4-9-23(16-21)29(2,27)28/h4-5,7-17H,3,6H2,1-2H3. The molecule has 3 nitrogen and oxygen atoms in total. The second-order valence-electron chi connectivity index (χ2n) is 7.33. The van der Waals surface area contributed by atoms with E-state index in [1.807, 2.05) is 24.3 Å². The van der Waals surface area contributed by atoms with Gasteiger partial charge in [-0.2, -0.15) is 0 Å². The maximum absolute atomic E-state index is 12.0. The minimum absolute atomic E-state index is 0.347. The predicted octanol–water partition coefficient (Wildman–Crippen LogP) is 5.92. The van der Waals surface area contributed by atoms with E-state index in [1.54, 1.807) is 18.3 Å².